The van der Waals surface area contributed by atoms with Gasteiger partial charge in [-0.1, -0.05) is 36.4 Å². The van der Waals surface area contributed by atoms with E-state index in [0.29, 0.717) is 22.5 Å². The summed E-state index contributed by atoms with van der Waals surface area (Å²) in [5.41, 5.74) is 2.56. The molecule has 0 spiro atoms. The van der Waals surface area contributed by atoms with Crippen LogP contribution in [0.15, 0.2) is 108 Å². The summed E-state index contributed by atoms with van der Waals surface area (Å²) >= 11 is 1.27. The summed E-state index contributed by atoms with van der Waals surface area (Å²) in [6.45, 7) is 1.77. The van der Waals surface area contributed by atoms with E-state index < -0.39 is 23.6 Å². The van der Waals surface area contributed by atoms with E-state index in [1.807, 2.05) is 0 Å². The molecule has 0 atom stereocenters. The number of carbonyl (C=O) groups is 4. The molecular weight excluding hydrogens is 557 g/mol. The highest BCUT2D eigenvalue weighted by Gasteiger charge is 2.16. The third kappa shape index (κ3) is 8.39. The highest BCUT2D eigenvalue weighted by atomic mass is 32.2. The number of halogens is 1. The number of carbonyl (C=O) groups excluding carboxylic acids is 3. The van der Waals surface area contributed by atoms with Crippen molar-refractivity contribution in [2.75, 3.05) is 16.4 Å². The van der Waals surface area contributed by atoms with Crippen molar-refractivity contribution in [1.29, 1.82) is 0 Å². The average Bonchev–Trinajstić information content (AvgIpc) is 2.99. The van der Waals surface area contributed by atoms with Crippen molar-refractivity contribution in [2.24, 2.45) is 0 Å². The van der Waals surface area contributed by atoms with Gasteiger partial charge in [0.2, 0.25) is 5.91 Å². The Kier molecular flexibility index (Phi) is 9.85. The van der Waals surface area contributed by atoms with Gasteiger partial charge in [0.15, 0.2) is 0 Å². The van der Waals surface area contributed by atoms with Crippen molar-refractivity contribution in [1.82, 2.24) is 5.32 Å². The van der Waals surface area contributed by atoms with E-state index in [4.69, 9.17) is 0 Å². The van der Waals surface area contributed by atoms with E-state index in [2.05, 4.69) is 16.0 Å². The number of carboxylic acids is 1. The number of thioether (sulfide) groups is 1. The van der Waals surface area contributed by atoms with E-state index in [1.54, 1.807) is 67.6 Å². The molecule has 0 fully saturated rings. The molecule has 0 aliphatic rings. The minimum absolute atomic E-state index is 0.0344. The van der Waals surface area contributed by atoms with Crippen molar-refractivity contribution in [2.45, 2.75) is 11.8 Å². The lowest BCUT2D eigenvalue weighted by molar-refractivity contribution is -0.114. The lowest BCUT2D eigenvalue weighted by Gasteiger charge is -2.12. The van der Waals surface area contributed by atoms with Gasteiger partial charge in [-0.3, -0.25) is 14.4 Å². The Hall–Kier alpha value is -5.22. The van der Waals surface area contributed by atoms with Gasteiger partial charge in [0.25, 0.3) is 11.8 Å². The number of nitrogens with one attached hydrogen (secondary N) is 3. The average molecular weight is 584 g/mol. The quantitative estimate of drug-likeness (QED) is 0.135. The fraction of sp³-hybridized carbons (Fsp3) is 0.0625. The molecule has 42 heavy (non-hydrogen) atoms. The van der Waals surface area contributed by atoms with Gasteiger partial charge in [-0.15, -0.1) is 11.8 Å². The molecule has 3 amide bonds. The second-order valence-electron chi connectivity index (χ2n) is 9.08. The van der Waals surface area contributed by atoms with E-state index in [0.717, 1.165) is 10.5 Å². The van der Waals surface area contributed by atoms with Crippen molar-refractivity contribution in [3.63, 3.8) is 0 Å². The molecule has 0 aromatic heterocycles. The SMILES string of the molecule is Cc1ccc(C(=O)O)cc1NC(=O)CSc1ccc(NC(=O)/C(=C/c2ccc(F)cc2)NC(=O)c2ccccc2)cc1. The third-order valence-corrected chi connectivity index (χ3v) is 6.96. The Labute approximate surface area is 245 Å². The number of hydrogen-bond donors (Lipinski definition) is 4. The molecule has 0 saturated carbocycles. The maximum Gasteiger partial charge on any atom is 0.335 e. The van der Waals surface area contributed by atoms with Crippen LogP contribution in [0, 0.1) is 12.7 Å². The molecule has 0 radical (unpaired) electrons. The fourth-order valence-corrected chi connectivity index (χ4v) is 4.42. The van der Waals surface area contributed by atoms with E-state index in [1.165, 1.54) is 54.2 Å². The predicted octanol–water partition coefficient (Wildman–Crippen LogP) is 5.97. The topological polar surface area (TPSA) is 125 Å². The van der Waals surface area contributed by atoms with E-state index in [9.17, 15) is 28.7 Å². The number of benzene rings is 4. The number of anilines is 2. The minimum Gasteiger partial charge on any atom is -0.478 e. The first-order valence-electron chi connectivity index (χ1n) is 12.7. The molecular formula is C32H26FN3O5S. The zero-order valence-electron chi connectivity index (χ0n) is 22.4. The van der Waals surface area contributed by atoms with Gasteiger partial charge >= 0.3 is 5.97 Å². The monoisotopic (exact) mass is 583 g/mol. The van der Waals surface area contributed by atoms with Gasteiger partial charge in [0, 0.05) is 21.8 Å². The van der Waals surface area contributed by atoms with Crippen molar-refractivity contribution >= 4 is 52.9 Å². The second-order valence-corrected chi connectivity index (χ2v) is 10.1. The van der Waals surface area contributed by atoms with Crippen LogP contribution >= 0.6 is 11.8 Å². The molecule has 4 aromatic carbocycles. The van der Waals surface area contributed by atoms with Crippen LogP contribution in [0.25, 0.3) is 6.08 Å². The third-order valence-electron chi connectivity index (χ3n) is 5.95. The normalized spacial score (nSPS) is 11.0. The van der Waals surface area contributed by atoms with Gasteiger partial charge in [-0.05, 0) is 84.8 Å². The van der Waals surface area contributed by atoms with Crippen LogP contribution < -0.4 is 16.0 Å². The molecule has 0 saturated heterocycles. The van der Waals surface area contributed by atoms with Crippen molar-refractivity contribution in [3.05, 3.63) is 131 Å². The number of amides is 3. The van der Waals surface area contributed by atoms with Gasteiger partial charge in [0.1, 0.15) is 11.5 Å². The van der Waals surface area contributed by atoms with Gasteiger partial charge in [-0.25, -0.2) is 9.18 Å². The molecule has 0 heterocycles. The molecule has 8 nitrogen and oxygen atoms in total. The molecule has 0 aliphatic heterocycles. The molecule has 0 aliphatic carbocycles. The minimum atomic E-state index is -1.08. The number of rotatable bonds is 10. The Morgan fingerprint density at radius 2 is 1.52 bits per heavy atom. The van der Waals surface area contributed by atoms with Crippen molar-refractivity contribution in [3.8, 4) is 0 Å². The van der Waals surface area contributed by atoms with Crippen LogP contribution in [-0.2, 0) is 9.59 Å². The fourth-order valence-electron chi connectivity index (χ4n) is 3.73. The summed E-state index contributed by atoms with van der Waals surface area (Å²) in [5.74, 6) is -2.78. The summed E-state index contributed by atoms with van der Waals surface area (Å²) in [6, 6.07) is 25.2. The Morgan fingerprint density at radius 1 is 0.833 bits per heavy atom. The lowest BCUT2D eigenvalue weighted by atomic mass is 10.1. The zero-order valence-corrected chi connectivity index (χ0v) is 23.2. The molecule has 212 valence electrons. The summed E-state index contributed by atoms with van der Waals surface area (Å²) in [7, 11) is 0. The first-order chi connectivity index (χ1) is 20.2. The standard InChI is InChI=1S/C32H26FN3O5S/c1-20-7-10-23(32(40)41)18-27(20)35-29(37)19-42-26-15-13-25(14-16-26)34-31(39)28(17-21-8-11-24(33)12-9-21)36-30(38)22-5-3-2-4-6-22/h2-18H,19H2,1H3,(H,34,39)(H,35,37)(H,36,38)(H,40,41)/b28-17-. The highest BCUT2D eigenvalue weighted by Crippen LogP contribution is 2.22. The van der Waals surface area contributed by atoms with Crippen LogP contribution in [0.3, 0.4) is 0 Å². The van der Waals surface area contributed by atoms with E-state index >= 15 is 0 Å². The first kappa shape index (κ1) is 29.8. The van der Waals surface area contributed by atoms with Gasteiger partial charge in [0.05, 0.1) is 11.3 Å². The van der Waals surface area contributed by atoms with Crippen LogP contribution in [0.4, 0.5) is 15.8 Å². The zero-order chi connectivity index (χ0) is 30.1. The van der Waals surface area contributed by atoms with E-state index in [-0.39, 0.29) is 22.9 Å². The Balaban J connectivity index is 1.39. The molecule has 10 heteroatoms. The van der Waals surface area contributed by atoms with Crippen molar-refractivity contribution < 1.29 is 28.7 Å². The second kappa shape index (κ2) is 13.9. The smallest absolute Gasteiger partial charge is 0.335 e. The number of carboxylic acid groups (broad SMARTS) is 1. The maximum atomic E-state index is 13.4. The maximum absolute atomic E-state index is 13.4. The number of aromatic carboxylic acids is 1. The highest BCUT2D eigenvalue weighted by molar-refractivity contribution is 8.00. The Bertz CT molecular complexity index is 1640. The molecule has 4 rings (SSSR count). The summed E-state index contributed by atoms with van der Waals surface area (Å²) in [5, 5.41) is 17.3. The molecule has 0 bridgehead atoms. The molecule has 0 unspecified atom stereocenters. The Morgan fingerprint density at radius 3 is 2.19 bits per heavy atom. The predicted molar refractivity (Wildman–Crippen MR) is 161 cm³/mol. The summed E-state index contributed by atoms with van der Waals surface area (Å²) in [6.07, 6.45) is 1.45. The van der Waals surface area contributed by atoms with Gasteiger partial charge < -0.3 is 21.1 Å². The van der Waals surface area contributed by atoms with Crippen LogP contribution in [-0.4, -0.2) is 34.6 Å². The van der Waals surface area contributed by atoms with Gasteiger partial charge in [-0.2, -0.15) is 0 Å². The molecule has 4 aromatic rings. The number of aryl methyl sites for hydroxylation is 1. The summed E-state index contributed by atoms with van der Waals surface area (Å²) < 4.78 is 13.4. The largest absolute Gasteiger partial charge is 0.478 e. The van der Waals surface area contributed by atoms with Crippen LogP contribution in [0.5, 0.6) is 0 Å². The summed E-state index contributed by atoms with van der Waals surface area (Å²) in [4.78, 5) is 50.4. The molecule has 4 N–H and O–H groups in total. The lowest BCUT2D eigenvalue weighted by Crippen LogP contribution is -2.30. The number of hydrogen-bond acceptors (Lipinski definition) is 5. The van der Waals surface area contributed by atoms with Crippen LogP contribution in [0.1, 0.15) is 31.8 Å². The van der Waals surface area contributed by atoms with Crippen LogP contribution in [0.2, 0.25) is 0 Å². The first-order valence-corrected chi connectivity index (χ1v) is 13.7.